The first-order valence-corrected chi connectivity index (χ1v) is 41.1. The number of H-pyrrole nitrogens is 1. The van der Waals surface area contributed by atoms with Crippen LogP contribution in [0.25, 0.3) is 43.7 Å². The first-order valence-electron chi connectivity index (χ1n) is 34.5. The molecule has 17 nitrogen and oxygen atoms in total. The lowest BCUT2D eigenvalue weighted by Crippen LogP contribution is -2.41. The van der Waals surface area contributed by atoms with E-state index in [9.17, 15) is 28.8 Å². The van der Waals surface area contributed by atoms with E-state index in [1.807, 2.05) is 161 Å². The molecule has 26 heteroatoms. The Morgan fingerprint density at radius 2 is 0.780 bits per heavy atom. The minimum absolute atomic E-state index is 0.00938. The highest BCUT2D eigenvalue weighted by molar-refractivity contribution is 9.12. The van der Waals surface area contributed by atoms with E-state index in [-0.39, 0.29) is 64.7 Å². The molecule has 11 aromatic rings. The Hall–Kier alpha value is -6.59. The fraction of sp³-hybridized carbons (Fsp3) is 0.313. The summed E-state index contributed by atoms with van der Waals surface area (Å²) in [4.78, 5) is 71.5. The number of rotatable bonds is 10. The number of carbonyl (C=O) groups excluding carboxylic acids is 3. The van der Waals surface area contributed by atoms with Crippen LogP contribution in [0.2, 0.25) is 0 Å². The lowest BCUT2D eigenvalue weighted by atomic mass is 9.75. The summed E-state index contributed by atoms with van der Waals surface area (Å²) < 4.78 is 37.8. The topological polar surface area (TPSA) is 213 Å². The predicted octanol–water partition coefficient (Wildman–Crippen LogP) is 21.7. The van der Waals surface area contributed by atoms with Crippen LogP contribution < -0.4 is 22.1 Å². The van der Waals surface area contributed by atoms with Gasteiger partial charge in [-0.3, -0.25) is 28.8 Å². The van der Waals surface area contributed by atoms with Gasteiger partial charge in [-0.1, -0.05) is 244 Å². The smallest absolute Gasteiger partial charge is 0.461 e. The number of nitrogens with zero attached hydrogens (tertiary/aromatic N) is 5. The second-order valence-corrected chi connectivity index (χ2v) is 36.0. The highest BCUT2D eigenvalue weighted by Gasteiger charge is 2.52. The molecule has 1 saturated heterocycles. The van der Waals surface area contributed by atoms with Crippen molar-refractivity contribution < 1.29 is 37.9 Å². The number of hydrogen-bond donors (Lipinski definition) is 1. The van der Waals surface area contributed by atoms with Crippen molar-refractivity contribution in [2.75, 3.05) is 0 Å². The van der Waals surface area contributed by atoms with Crippen molar-refractivity contribution in [2.45, 2.75) is 170 Å². The van der Waals surface area contributed by atoms with Gasteiger partial charge >= 0.3 is 25.0 Å². The average molecular weight is 1990 g/mol. The van der Waals surface area contributed by atoms with Crippen LogP contribution >= 0.6 is 127 Å². The van der Waals surface area contributed by atoms with Crippen molar-refractivity contribution in [3.63, 3.8) is 0 Å². The number of aromatic amines is 1. The molecule has 1 aliphatic rings. The number of esters is 3. The van der Waals surface area contributed by atoms with Gasteiger partial charge in [0.15, 0.2) is 0 Å². The molecule has 8 aromatic carbocycles. The molecule has 4 heterocycles. The highest BCUT2D eigenvalue weighted by atomic mass is 79.9. The van der Waals surface area contributed by atoms with Crippen molar-refractivity contribution in [2.24, 2.45) is 0 Å². The zero-order valence-electron chi connectivity index (χ0n) is 63.7. The lowest BCUT2D eigenvalue weighted by molar-refractivity contribution is -0.143. The van der Waals surface area contributed by atoms with Crippen molar-refractivity contribution in [1.82, 2.24) is 29.8 Å². The van der Waals surface area contributed by atoms with Crippen LogP contribution in [0.3, 0.4) is 0 Å². The molecular formula is C83H87BBr8N6O11. The molecule has 0 amide bonds. The monoisotopic (exact) mass is 1990 g/mol. The molecule has 1 aliphatic heterocycles. The molecule has 0 saturated carbocycles. The molecule has 109 heavy (non-hydrogen) atoms. The number of alkyl halides is 1. The number of halogens is 8. The quantitative estimate of drug-likeness (QED) is 0.0584. The van der Waals surface area contributed by atoms with E-state index in [2.05, 4.69) is 217 Å². The second-order valence-electron chi connectivity index (χ2n) is 29.5. The van der Waals surface area contributed by atoms with E-state index >= 15 is 0 Å². The van der Waals surface area contributed by atoms with Crippen LogP contribution in [0.5, 0.6) is 0 Å². The summed E-state index contributed by atoms with van der Waals surface area (Å²) >= 11 is 27.3. The second kappa shape index (κ2) is 38.8. The molecule has 12 rings (SSSR count). The van der Waals surface area contributed by atoms with Gasteiger partial charge in [0.25, 0.3) is 16.7 Å². The average Bonchev–Trinajstić information content (AvgIpc) is 1.71. The lowest BCUT2D eigenvalue weighted by Gasteiger charge is -2.32. The predicted molar refractivity (Wildman–Crippen MR) is 466 cm³/mol. The van der Waals surface area contributed by atoms with E-state index in [0.29, 0.717) is 44.1 Å². The van der Waals surface area contributed by atoms with Gasteiger partial charge in [-0.2, -0.15) is 24.7 Å². The first kappa shape index (κ1) is 89.6. The number of nitrogens with one attached hydrogen (secondary N) is 1. The largest absolute Gasteiger partial charge is 0.495 e. The molecule has 0 radical (unpaired) electrons. The summed E-state index contributed by atoms with van der Waals surface area (Å²) in [7, 11) is -0.684. The molecular weight excluding hydrogens is 1910 g/mol. The van der Waals surface area contributed by atoms with Gasteiger partial charge in [-0.05, 0) is 175 Å². The van der Waals surface area contributed by atoms with Gasteiger partial charge in [0.1, 0.15) is 19.8 Å². The summed E-state index contributed by atoms with van der Waals surface area (Å²) in [6.07, 6.45) is 5.08. The van der Waals surface area contributed by atoms with Crippen molar-refractivity contribution in [3.05, 3.63) is 271 Å². The Morgan fingerprint density at radius 1 is 0.450 bits per heavy atom. The standard InChI is InChI=1S/C27H33BN2O5.C21H21BrN2O3.C12H14N2O.C9H8Br2O2.C7H5Br3.C7H6Br2/c1-17(31)33-16-21-22(28-34-26(5,6)27(7,8)35-28)10-9-11-23(21)30-24(32)20-13-12-19(25(2,3)4)14-18(20)15-29-30;1-13(25)27-12-17-18(22)6-5-7-19(17)24-20(26)16-9-8-15(21(2,3)4)10-14(16)11-23-24;1-12(2,3)9-4-5-10-8(6-9)7-13-14-11(10)15;1-6(12)13-5-7-8(10)3-2-4-9(7)11;8-4-5-6(9)2-1-3-7(5)10;1-5-6(8)3-2-4-7(5)9/h9-15H,16H2,1-8H3;5-11H,12H2,1-4H3;4-7H,1-3H3,(H,14,15);2-4H,5H2,1H3;1-3H,4H2;2-4H,1H3. The number of ether oxygens (including phenoxy) is 3. The molecule has 1 fully saturated rings. The van der Waals surface area contributed by atoms with Gasteiger partial charge in [-0.15, -0.1) is 0 Å². The third-order valence-electron chi connectivity index (χ3n) is 17.8. The third-order valence-corrected chi connectivity index (χ3v) is 23.8. The zero-order valence-corrected chi connectivity index (χ0v) is 76.4. The van der Waals surface area contributed by atoms with Crippen LogP contribution in [0, 0.1) is 6.92 Å². The van der Waals surface area contributed by atoms with Crippen LogP contribution in [0.15, 0.2) is 210 Å². The fourth-order valence-electron chi connectivity index (χ4n) is 10.6. The molecule has 0 aliphatic carbocycles. The zero-order chi connectivity index (χ0) is 80.8. The number of hydrogen-bond acceptors (Lipinski definition) is 14. The highest BCUT2D eigenvalue weighted by Crippen LogP contribution is 2.38. The number of aromatic nitrogens is 6. The maximum atomic E-state index is 13.5. The molecule has 3 aromatic heterocycles. The maximum Gasteiger partial charge on any atom is 0.495 e. The number of carbonyl (C=O) groups is 3. The fourth-order valence-corrected chi connectivity index (χ4v) is 15.9. The summed E-state index contributed by atoms with van der Waals surface area (Å²) in [6.45, 7) is 33.6. The van der Waals surface area contributed by atoms with Crippen LogP contribution in [-0.2, 0) is 79.3 Å². The SMILES string of the molecule is BrCc1c(Br)cccc1Br.CC(=O)OCc1c(B2OC(C)(C)C(C)(C)O2)cccc1-n1ncc2cc(C(C)(C)C)ccc2c1=O.CC(=O)OCc1c(Br)cccc1-n1ncc2cc(C(C)(C)C)ccc2c1=O.CC(=O)OCc1c(Br)cccc1Br.CC(C)(C)c1ccc2c(=O)[nH]ncc2c1.Cc1c(Br)cccc1Br. The van der Waals surface area contributed by atoms with Crippen molar-refractivity contribution >= 4 is 190 Å². The van der Waals surface area contributed by atoms with Gasteiger partial charge in [0.2, 0.25) is 0 Å². The van der Waals surface area contributed by atoms with Crippen LogP contribution in [0.4, 0.5) is 0 Å². The van der Waals surface area contributed by atoms with E-state index in [4.69, 9.17) is 23.5 Å². The van der Waals surface area contributed by atoms with Gasteiger partial charge in [0.05, 0.1) is 57.3 Å². The molecule has 574 valence electrons. The minimum Gasteiger partial charge on any atom is -0.461 e. The number of fused-ring (bicyclic) bond motifs is 3. The Balaban J connectivity index is 0.000000196. The summed E-state index contributed by atoms with van der Waals surface area (Å²) in [6, 6.07) is 46.3. The van der Waals surface area contributed by atoms with E-state index in [0.717, 1.165) is 69.5 Å². The van der Waals surface area contributed by atoms with Crippen molar-refractivity contribution in [1.29, 1.82) is 0 Å². The Kier molecular flexibility index (Phi) is 31.9. The summed E-state index contributed by atoms with van der Waals surface area (Å²) in [5.74, 6) is -1.08. The van der Waals surface area contributed by atoms with E-state index < -0.39 is 24.3 Å². The van der Waals surface area contributed by atoms with Gasteiger partial charge in [-0.25, -0.2) is 5.10 Å². The Labute approximate surface area is 703 Å². The van der Waals surface area contributed by atoms with E-state index in [1.165, 1.54) is 46.8 Å². The number of benzene rings is 8. The maximum absolute atomic E-state index is 13.5. The van der Waals surface area contributed by atoms with Gasteiger partial charge < -0.3 is 23.5 Å². The van der Waals surface area contributed by atoms with Crippen molar-refractivity contribution in [3.8, 4) is 11.4 Å². The summed E-state index contributed by atoms with van der Waals surface area (Å²) in [5, 5.41) is 20.3. The summed E-state index contributed by atoms with van der Waals surface area (Å²) in [5.41, 5.74) is 8.37. The Morgan fingerprint density at radius 3 is 1.16 bits per heavy atom. The first-order chi connectivity index (χ1) is 51.0. The van der Waals surface area contributed by atoms with E-state index in [1.54, 1.807) is 30.7 Å². The molecule has 1 N–H and O–H groups in total. The van der Waals surface area contributed by atoms with Gasteiger partial charge in [0, 0.05) is 90.3 Å². The molecule has 0 spiro atoms. The van der Waals surface area contributed by atoms with Crippen LogP contribution in [-0.4, -0.2) is 66.0 Å². The van der Waals surface area contributed by atoms with Crippen LogP contribution in [0.1, 0.15) is 155 Å². The minimum atomic E-state index is -0.684. The molecule has 0 bridgehead atoms. The molecule has 0 unspecified atom stereocenters. The molecule has 0 atom stereocenters. The normalized spacial score (nSPS) is 12.9. The third kappa shape index (κ3) is 24.0. The Bertz CT molecular complexity index is 5240.